The van der Waals surface area contributed by atoms with Crippen LogP contribution in [0.2, 0.25) is 0 Å². The van der Waals surface area contributed by atoms with Gasteiger partial charge in [0.15, 0.2) is 0 Å². The average molecular weight is 440 g/mol. The average Bonchev–Trinajstić information content (AvgIpc) is 3.05. The number of rotatable bonds is 7. The predicted octanol–water partition coefficient (Wildman–Crippen LogP) is 4.86. The fraction of sp³-hybridized carbons (Fsp3) is 0.250. The monoisotopic (exact) mass is 439 g/mol. The van der Waals surface area contributed by atoms with Gasteiger partial charge in [-0.2, -0.15) is 0 Å². The number of carbonyl (C=O) groups excluding carboxylic acids is 2. The molecule has 2 heterocycles. The molecule has 0 atom stereocenters. The van der Waals surface area contributed by atoms with Crippen molar-refractivity contribution in [3.05, 3.63) is 101 Å². The maximum Gasteiger partial charge on any atom is 0.282 e. The van der Waals surface area contributed by atoms with Crippen LogP contribution in [0.1, 0.15) is 34.7 Å². The van der Waals surface area contributed by atoms with E-state index in [1.54, 1.807) is 12.4 Å². The molecule has 3 aromatic rings. The third-order valence-electron chi connectivity index (χ3n) is 5.98. The van der Waals surface area contributed by atoms with Gasteiger partial charge in [-0.05, 0) is 80.6 Å². The molecule has 0 unspecified atom stereocenters. The highest BCUT2D eigenvalue weighted by atomic mass is 16.2. The van der Waals surface area contributed by atoms with E-state index in [4.69, 9.17) is 0 Å². The summed E-state index contributed by atoms with van der Waals surface area (Å²) in [6, 6.07) is 17.6. The minimum absolute atomic E-state index is 0.267. The largest absolute Gasteiger partial charge is 0.366 e. The Morgan fingerprint density at radius 2 is 1.45 bits per heavy atom. The van der Waals surface area contributed by atoms with Gasteiger partial charge in [-0.1, -0.05) is 35.9 Å². The first kappa shape index (κ1) is 22.5. The SMILES string of the molecule is CCN(CCc1ccncc1)C1=C(c2ccc(C)cc2)C(=O)N(c2cc(C)cc(C)c2)C1=O. The maximum atomic E-state index is 13.8. The smallest absolute Gasteiger partial charge is 0.282 e. The Hall–Kier alpha value is -3.73. The van der Waals surface area contributed by atoms with Crippen molar-refractivity contribution in [3.8, 4) is 0 Å². The number of aryl methyl sites for hydroxylation is 3. The van der Waals surface area contributed by atoms with E-state index < -0.39 is 0 Å². The molecule has 0 saturated carbocycles. The molecule has 0 bridgehead atoms. The van der Waals surface area contributed by atoms with Gasteiger partial charge < -0.3 is 4.90 Å². The Kier molecular flexibility index (Phi) is 6.40. The molecule has 33 heavy (non-hydrogen) atoms. The number of imide groups is 1. The van der Waals surface area contributed by atoms with Crippen LogP contribution in [-0.4, -0.2) is 34.8 Å². The van der Waals surface area contributed by atoms with Gasteiger partial charge in [0, 0.05) is 25.5 Å². The van der Waals surface area contributed by atoms with Crippen molar-refractivity contribution in [3.63, 3.8) is 0 Å². The summed E-state index contributed by atoms with van der Waals surface area (Å²) in [4.78, 5) is 35.0. The number of amides is 2. The van der Waals surface area contributed by atoms with Gasteiger partial charge >= 0.3 is 0 Å². The molecule has 1 aliphatic heterocycles. The fourth-order valence-electron chi connectivity index (χ4n) is 4.35. The van der Waals surface area contributed by atoms with E-state index in [-0.39, 0.29) is 11.8 Å². The van der Waals surface area contributed by atoms with Crippen molar-refractivity contribution in [2.24, 2.45) is 0 Å². The van der Waals surface area contributed by atoms with E-state index in [1.807, 2.05) is 87.2 Å². The standard InChI is InChI=1S/C28H29N3O2/c1-5-30(15-12-22-10-13-29-14-11-22)26-25(23-8-6-19(2)7-9-23)27(32)31(28(26)33)24-17-20(3)16-21(4)18-24/h6-11,13-14,16-18H,5,12,15H2,1-4H3. The quantitative estimate of drug-likeness (QED) is 0.494. The van der Waals surface area contributed by atoms with Crippen LogP contribution in [0.3, 0.4) is 0 Å². The summed E-state index contributed by atoms with van der Waals surface area (Å²) >= 11 is 0. The number of aromatic nitrogens is 1. The molecule has 5 heteroatoms. The van der Waals surface area contributed by atoms with Crippen LogP contribution < -0.4 is 4.90 Å². The molecule has 0 spiro atoms. The van der Waals surface area contributed by atoms with Crippen LogP contribution >= 0.6 is 0 Å². The number of likely N-dealkylation sites (N-methyl/N-ethyl adjacent to an activating group) is 1. The molecule has 0 aliphatic carbocycles. The van der Waals surface area contributed by atoms with E-state index in [1.165, 1.54) is 4.90 Å². The second-order valence-corrected chi connectivity index (χ2v) is 8.57. The fourth-order valence-corrected chi connectivity index (χ4v) is 4.35. The molecule has 0 fully saturated rings. The minimum Gasteiger partial charge on any atom is -0.366 e. The Morgan fingerprint density at radius 3 is 2.06 bits per heavy atom. The highest BCUT2D eigenvalue weighted by molar-refractivity contribution is 6.45. The summed E-state index contributed by atoms with van der Waals surface area (Å²) in [6.45, 7) is 9.23. The van der Waals surface area contributed by atoms with Crippen LogP contribution in [-0.2, 0) is 16.0 Å². The molecule has 2 amide bonds. The van der Waals surface area contributed by atoms with Crippen molar-refractivity contribution in [1.29, 1.82) is 0 Å². The third kappa shape index (κ3) is 4.58. The molecule has 2 aromatic carbocycles. The van der Waals surface area contributed by atoms with E-state index >= 15 is 0 Å². The van der Waals surface area contributed by atoms with Gasteiger partial charge in [0.05, 0.1) is 11.3 Å². The molecule has 0 radical (unpaired) electrons. The summed E-state index contributed by atoms with van der Waals surface area (Å²) in [6.07, 6.45) is 4.30. The summed E-state index contributed by atoms with van der Waals surface area (Å²) in [5, 5.41) is 0. The molecule has 1 aromatic heterocycles. The van der Waals surface area contributed by atoms with Crippen molar-refractivity contribution >= 4 is 23.1 Å². The molecule has 0 N–H and O–H groups in total. The Bertz CT molecular complexity index is 1190. The van der Waals surface area contributed by atoms with E-state index in [0.717, 1.165) is 34.2 Å². The van der Waals surface area contributed by atoms with Crippen molar-refractivity contribution in [2.75, 3.05) is 18.0 Å². The van der Waals surface area contributed by atoms with Gasteiger partial charge in [-0.25, -0.2) is 4.90 Å². The van der Waals surface area contributed by atoms with Crippen molar-refractivity contribution in [1.82, 2.24) is 9.88 Å². The van der Waals surface area contributed by atoms with Crippen LogP contribution in [0.4, 0.5) is 5.69 Å². The number of carbonyl (C=O) groups is 2. The molecule has 5 nitrogen and oxygen atoms in total. The van der Waals surface area contributed by atoms with Gasteiger partial charge in [-0.3, -0.25) is 14.6 Å². The lowest BCUT2D eigenvalue weighted by Crippen LogP contribution is -2.36. The second kappa shape index (κ2) is 9.41. The van der Waals surface area contributed by atoms with Crippen LogP contribution in [0.15, 0.2) is 72.7 Å². The van der Waals surface area contributed by atoms with Crippen LogP contribution in [0.25, 0.3) is 5.57 Å². The summed E-state index contributed by atoms with van der Waals surface area (Å²) < 4.78 is 0. The molecule has 1 aliphatic rings. The highest BCUT2D eigenvalue weighted by Crippen LogP contribution is 2.35. The normalized spacial score (nSPS) is 13.8. The Balaban J connectivity index is 1.78. The summed E-state index contributed by atoms with van der Waals surface area (Å²) in [7, 11) is 0. The first-order valence-corrected chi connectivity index (χ1v) is 11.3. The van der Waals surface area contributed by atoms with E-state index in [0.29, 0.717) is 30.0 Å². The zero-order chi connectivity index (χ0) is 23.5. The maximum absolute atomic E-state index is 13.8. The first-order chi connectivity index (χ1) is 15.9. The number of hydrogen-bond donors (Lipinski definition) is 0. The minimum atomic E-state index is -0.272. The van der Waals surface area contributed by atoms with Gasteiger partial charge in [-0.15, -0.1) is 0 Å². The van der Waals surface area contributed by atoms with Crippen LogP contribution in [0, 0.1) is 20.8 Å². The van der Waals surface area contributed by atoms with Crippen LogP contribution in [0.5, 0.6) is 0 Å². The number of benzene rings is 2. The second-order valence-electron chi connectivity index (χ2n) is 8.57. The molecular weight excluding hydrogens is 410 g/mol. The third-order valence-corrected chi connectivity index (χ3v) is 5.98. The number of pyridine rings is 1. The van der Waals surface area contributed by atoms with Gasteiger partial charge in [0.2, 0.25) is 0 Å². The molecule has 0 saturated heterocycles. The topological polar surface area (TPSA) is 53.5 Å². The lowest BCUT2D eigenvalue weighted by molar-refractivity contribution is -0.120. The Labute approximate surface area is 195 Å². The van der Waals surface area contributed by atoms with E-state index in [2.05, 4.69) is 4.98 Å². The predicted molar refractivity (Wildman–Crippen MR) is 132 cm³/mol. The number of nitrogens with zero attached hydrogens (tertiary/aromatic N) is 3. The summed E-state index contributed by atoms with van der Waals surface area (Å²) in [5.74, 6) is -0.539. The lowest BCUT2D eigenvalue weighted by Gasteiger charge is -2.25. The Morgan fingerprint density at radius 1 is 0.818 bits per heavy atom. The first-order valence-electron chi connectivity index (χ1n) is 11.3. The zero-order valence-electron chi connectivity index (χ0n) is 19.6. The number of anilines is 1. The van der Waals surface area contributed by atoms with Crippen molar-refractivity contribution < 1.29 is 9.59 Å². The highest BCUT2D eigenvalue weighted by Gasteiger charge is 2.42. The summed E-state index contributed by atoms with van der Waals surface area (Å²) in [5.41, 5.74) is 6.60. The van der Waals surface area contributed by atoms with E-state index in [9.17, 15) is 9.59 Å². The molecule has 4 rings (SSSR count). The van der Waals surface area contributed by atoms with Gasteiger partial charge in [0.25, 0.3) is 11.8 Å². The van der Waals surface area contributed by atoms with Crippen molar-refractivity contribution in [2.45, 2.75) is 34.1 Å². The van der Waals surface area contributed by atoms with Gasteiger partial charge in [0.1, 0.15) is 5.70 Å². The zero-order valence-corrected chi connectivity index (χ0v) is 19.6. The molecular formula is C28H29N3O2. The molecule has 168 valence electrons. The number of hydrogen-bond acceptors (Lipinski definition) is 4. The lowest BCUT2D eigenvalue weighted by atomic mass is 10.0.